The Morgan fingerprint density at radius 2 is 1.01 bits per heavy atom. The third-order valence-electron chi connectivity index (χ3n) is 34.3. The molecule has 4 unspecified atom stereocenters. The van der Waals surface area contributed by atoms with Gasteiger partial charge in [0.05, 0.1) is 29.9 Å². The molecule has 0 spiro atoms. The number of carbonyl (C=O) groups is 6. The molecule has 0 aliphatic heterocycles. The van der Waals surface area contributed by atoms with E-state index < -0.39 is 87.3 Å². The largest absolute Gasteiger partial charge is 0.481 e. The van der Waals surface area contributed by atoms with E-state index in [1.165, 1.54) is 25.1 Å². The molecule has 21 nitrogen and oxygen atoms in total. The lowest BCUT2D eigenvalue weighted by molar-refractivity contribution is -0.235. The predicted octanol–water partition coefficient (Wildman–Crippen LogP) is 15.9. The highest BCUT2D eigenvalue weighted by Gasteiger charge is 2.74. The Balaban J connectivity index is 0.674. The Hall–Kier alpha value is -6.95. The summed E-state index contributed by atoms with van der Waals surface area (Å²) in [5.41, 5.74) is 10.1. The maximum Gasteiger partial charge on any atom is 0.310 e. The van der Waals surface area contributed by atoms with Crippen LogP contribution in [0, 0.1) is 124 Å². The quantitative estimate of drug-likeness (QED) is 0.0398. The summed E-state index contributed by atoms with van der Waals surface area (Å²) >= 11 is 0. The molecule has 114 heavy (non-hydrogen) atoms. The van der Waals surface area contributed by atoms with Gasteiger partial charge in [0.25, 0.3) is 0 Å². The summed E-state index contributed by atoms with van der Waals surface area (Å²) in [6.45, 7) is 37.2. The van der Waals surface area contributed by atoms with E-state index in [9.17, 15) is 53.6 Å². The molecular formula is C91H127F2N9O12. The fourth-order valence-electron chi connectivity index (χ4n) is 28.2. The second-order valence-electron chi connectivity index (χ2n) is 41.6. The van der Waals surface area contributed by atoms with Crippen molar-refractivity contribution in [3.8, 4) is 22.9 Å². The van der Waals surface area contributed by atoms with Crippen LogP contribution in [0.1, 0.15) is 276 Å². The number of fused-ring (bicyclic) bond motifs is 14. The second kappa shape index (κ2) is 28.7. The van der Waals surface area contributed by atoms with Crippen LogP contribution in [0.2, 0.25) is 0 Å². The van der Waals surface area contributed by atoms with Crippen LogP contribution in [-0.4, -0.2) is 116 Å². The minimum atomic E-state index is -1.82. The summed E-state index contributed by atoms with van der Waals surface area (Å²) in [7, 11) is 0. The molecule has 1 aromatic carbocycles. The van der Waals surface area contributed by atoms with Crippen molar-refractivity contribution >= 4 is 35.4 Å². The number of hydrogen-bond donors (Lipinski definition) is 6. The molecule has 3 heterocycles. The van der Waals surface area contributed by atoms with Gasteiger partial charge in [-0.3, -0.25) is 28.8 Å². The highest BCUT2D eigenvalue weighted by atomic mass is 19.1. The van der Waals surface area contributed by atoms with Crippen LogP contribution in [0.15, 0.2) is 58.8 Å². The fraction of sp³-hybridized carbons (Fsp3) is 0.725. The van der Waals surface area contributed by atoms with Gasteiger partial charge < -0.3 is 50.5 Å². The summed E-state index contributed by atoms with van der Waals surface area (Å²) < 4.78 is 47.1. The molecule has 10 aliphatic rings. The van der Waals surface area contributed by atoms with Crippen molar-refractivity contribution in [1.29, 1.82) is 0 Å². The lowest BCUT2D eigenvalue weighted by Gasteiger charge is -2.72. The van der Waals surface area contributed by atoms with Gasteiger partial charge in [0.2, 0.25) is 0 Å². The van der Waals surface area contributed by atoms with Crippen molar-refractivity contribution < 1.29 is 67.4 Å². The molecule has 19 atom stereocenters. The van der Waals surface area contributed by atoms with Crippen LogP contribution in [0.4, 0.5) is 8.78 Å². The minimum Gasteiger partial charge on any atom is -0.481 e. The first-order valence-corrected chi connectivity index (χ1v) is 42.7. The number of benzene rings is 1. The van der Waals surface area contributed by atoms with Crippen LogP contribution in [0.25, 0.3) is 22.9 Å². The van der Waals surface area contributed by atoms with E-state index in [0.717, 1.165) is 106 Å². The number of aliphatic carboxylic acids is 2. The summed E-state index contributed by atoms with van der Waals surface area (Å²) in [6, 6.07) is 7.22. The van der Waals surface area contributed by atoms with Gasteiger partial charge in [-0.2, -0.15) is 0 Å². The summed E-state index contributed by atoms with van der Waals surface area (Å²) in [5.74, 6) is -2.71. The van der Waals surface area contributed by atoms with Crippen LogP contribution < -0.4 is 11.5 Å². The number of esters is 2. The normalized spacial score (nSPS) is 35.9. The first kappa shape index (κ1) is 83.5. The number of carboxylic acids is 2. The molecule has 622 valence electrons. The number of aromatic nitrogens is 7. The lowest BCUT2D eigenvalue weighted by Crippen LogP contribution is -2.66. The average Bonchev–Trinajstić information content (AvgIpc) is 1.07. The van der Waals surface area contributed by atoms with Crippen molar-refractivity contribution in [3.05, 3.63) is 87.7 Å². The number of nitrogens with two attached hydrogens (primary N) is 2. The SMILES string of the molecule is CC(C)C1=C2[C@H]3CCC4C(C)(CC[C@H]5C(C)(C)[C@@H](OC(=O)CC(C)(C)C(=O)O)CC[C@]45C)[C@]3(C)CC[C@@]2(C(O)c2nnc(-c3ccc(F)c(CC(C)(CC(=O)O[C@H]4CC[C@]5(C)[C@H]6CC[C@@H]7C8=C(C(C)C)C(=O)C[C@]8([C@@H](O)c8nnc(-c9ccc(F)cn9)n8CCN)CC[C@@]7(C)[C@]6(C)CC[C@H]5C4(C)C)C(=O)O)c3)n2CCN)CC1=O. The number of pyridine rings is 1. The van der Waals surface area contributed by atoms with Gasteiger partial charge in [-0.15, -0.1) is 20.4 Å². The second-order valence-corrected chi connectivity index (χ2v) is 41.6. The molecule has 0 saturated heterocycles. The van der Waals surface area contributed by atoms with Crippen LogP contribution >= 0.6 is 0 Å². The van der Waals surface area contributed by atoms with Gasteiger partial charge >= 0.3 is 23.9 Å². The van der Waals surface area contributed by atoms with Crippen molar-refractivity contribution in [2.45, 2.75) is 290 Å². The standard InChI is InChI=1S/C91H127F2N9O12/c1-49(2)68-58(103)44-90(36-34-86(14)54(70(68)90)20-24-62-84(12)30-28-64(113-66(105)46-80(5,6)78(109)110)81(7,8)60(84)26-32-88(62,86)16)72(107)76-99-97-74(101(76)40-38-94)51-18-22-56(93)52(42-51)43-83(11,79(111)112)47-67(106)114-65-29-31-85(13)61(82(65,9)10)27-33-89(17)63(85)25-21-55-71-69(50(3)4)59(104)45-91(71,37-35-87(55,89)15)73(108)77-100-98-75(102(77)41-39-95)57-23-19-53(92)48-96-57/h18-19,22-23,42,48-50,54-55,60-65,72-73,107-108H,20-21,24-41,43-47,94-95H2,1-17H3,(H,109,110)(H,111,112)/t54-,55-,60+,61+,62?,63-,64+,65+,72?,73+,83?,84+,85+,86-,87-,88?,89-,90-,91-/m1/s1. The van der Waals surface area contributed by atoms with Crippen LogP contribution in [0.3, 0.4) is 0 Å². The zero-order valence-corrected chi connectivity index (χ0v) is 70.7. The van der Waals surface area contributed by atoms with E-state index >= 15 is 4.39 Å². The van der Waals surface area contributed by atoms with Gasteiger partial charge in [-0.1, -0.05) is 96.9 Å². The molecule has 3 aromatic heterocycles. The monoisotopic (exact) mass is 1580 g/mol. The van der Waals surface area contributed by atoms with E-state index in [4.69, 9.17) is 31.1 Å². The van der Waals surface area contributed by atoms with E-state index in [1.807, 2.05) is 0 Å². The first-order chi connectivity index (χ1) is 53.3. The Bertz CT molecular complexity index is 4600. The Morgan fingerprint density at radius 1 is 0.553 bits per heavy atom. The highest BCUT2D eigenvalue weighted by molar-refractivity contribution is 6.01. The number of nitrogens with zero attached hydrogens (tertiary/aromatic N) is 7. The number of halogens is 2. The number of ketones is 2. The van der Waals surface area contributed by atoms with Gasteiger partial charge in [-0.05, 0) is 268 Å². The smallest absolute Gasteiger partial charge is 0.310 e. The lowest BCUT2D eigenvalue weighted by atomic mass is 9.33. The van der Waals surface area contributed by atoms with Gasteiger partial charge in [0.15, 0.2) is 34.9 Å². The molecule has 14 rings (SSSR count). The number of Topliss-reactive ketones (excluding diaryl/α,β-unsaturated/α-hetero) is 2. The zero-order valence-electron chi connectivity index (χ0n) is 70.7. The number of aliphatic hydroxyl groups is 2. The molecule has 0 bridgehead atoms. The van der Waals surface area contributed by atoms with E-state index in [0.29, 0.717) is 54.5 Å². The van der Waals surface area contributed by atoms with Crippen LogP contribution in [-0.2, 0) is 57.8 Å². The fourth-order valence-corrected chi connectivity index (χ4v) is 28.2. The predicted molar refractivity (Wildman–Crippen MR) is 425 cm³/mol. The molecule has 8 fully saturated rings. The molecule has 8 saturated carbocycles. The number of carbonyl (C=O) groups excluding carboxylic acids is 4. The number of allylic oxidation sites excluding steroid dienone is 2. The van der Waals surface area contributed by atoms with Crippen molar-refractivity contribution in [2.24, 2.45) is 124 Å². The Kier molecular flexibility index (Phi) is 21.0. The van der Waals surface area contributed by atoms with Gasteiger partial charge in [-0.25, -0.2) is 13.8 Å². The molecule has 10 aliphatic carbocycles. The van der Waals surface area contributed by atoms with E-state index in [2.05, 4.69) is 112 Å². The van der Waals surface area contributed by atoms with E-state index in [-0.39, 0.29) is 166 Å². The molecule has 0 radical (unpaired) electrons. The third kappa shape index (κ3) is 12.4. The molecule has 4 aromatic rings. The molecular weight excluding hydrogens is 1450 g/mol. The third-order valence-corrected chi connectivity index (χ3v) is 34.3. The summed E-state index contributed by atoms with van der Waals surface area (Å²) in [6.07, 6.45) is 9.37. The molecule has 23 heteroatoms. The van der Waals surface area contributed by atoms with E-state index in [1.54, 1.807) is 35.1 Å². The maximum absolute atomic E-state index is 16.6. The van der Waals surface area contributed by atoms with Crippen molar-refractivity contribution in [1.82, 2.24) is 34.5 Å². The van der Waals surface area contributed by atoms with Crippen LogP contribution in [0.5, 0.6) is 0 Å². The number of rotatable bonds is 22. The van der Waals surface area contributed by atoms with Gasteiger partial charge in [0.1, 0.15) is 41.7 Å². The van der Waals surface area contributed by atoms with Crippen molar-refractivity contribution in [3.63, 3.8) is 0 Å². The molecule has 0 amide bonds. The molecule has 8 N–H and O–H groups in total. The number of ether oxygens (including phenoxy) is 2. The number of carboxylic acid groups (broad SMARTS) is 2. The topological polar surface area (TPSA) is 328 Å². The number of hydrogen-bond acceptors (Lipinski definition) is 17. The Morgan fingerprint density at radius 3 is 1.44 bits per heavy atom. The zero-order chi connectivity index (χ0) is 82.9. The maximum atomic E-state index is 16.6. The first-order valence-electron chi connectivity index (χ1n) is 42.7. The highest BCUT2D eigenvalue weighted by Crippen LogP contribution is 2.80. The summed E-state index contributed by atoms with van der Waals surface area (Å²) in [4.78, 5) is 87.8. The minimum absolute atomic E-state index is 0.00859. The van der Waals surface area contributed by atoms with Gasteiger partial charge in [0, 0.05) is 66.2 Å². The van der Waals surface area contributed by atoms with Crippen molar-refractivity contribution in [2.75, 3.05) is 13.1 Å². The number of aliphatic hydroxyl groups excluding tert-OH is 2. The summed E-state index contributed by atoms with van der Waals surface area (Å²) in [5, 5.41) is 66.1. The average molecular weight is 1580 g/mol. The Labute approximate surface area is 671 Å².